The van der Waals surface area contributed by atoms with Crippen molar-refractivity contribution in [2.45, 2.75) is 6.68 Å². The van der Waals surface area contributed by atoms with Gasteiger partial charge in [0.1, 0.15) is 0 Å². The summed E-state index contributed by atoms with van der Waals surface area (Å²) in [5.74, 6) is 0. The van der Waals surface area contributed by atoms with Crippen molar-refractivity contribution in [2.24, 2.45) is 0 Å². The predicted molar refractivity (Wildman–Crippen MR) is 54.0 cm³/mol. The van der Waals surface area contributed by atoms with E-state index in [1.54, 1.807) is 0 Å². The second-order valence-corrected chi connectivity index (χ2v) is 3.85. The van der Waals surface area contributed by atoms with Gasteiger partial charge in [0.2, 0.25) is 0 Å². The van der Waals surface area contributed by atoms with E-state index >= 15 is 0 Å². The Kier molecular flexibility index (Phi) is 6.83. The third kappa shape index (κ3) is 8.32. The van der Waals surface area contributed by atoms with E-state index in [1.807, 2.05) is 12.1 Å². The number of rotatable bonds is 0. The van der Waals surface area contributed by atoms with Crippen LogP contribution < -0.4 is 0 Å². The van der Waals surface area contributed by atoms with Crippen LogP contribution in [0.15, 0.2) is 28.7 Å². The second-order valence-electron chi connectivity index (χ2n) is 1.68. The SMILES string of the molecule is Brc1ccc(I)cc1.FC(F)F. The average Bonchev–Trinajstić information content (AvgIpc) is 1.94. The molecule has 0 aromatic heterocycles. The van der Waals surface area contributed by atoms with Gasteiger partial charge in [0.15, 0.2) is 0 Å². The van der Waals surface area contributed by atoms with E-state index in [0.29, 0.717) is 0 Å². The largest absolute Gasteiger partial charge is 0.379 e. The van der Waals surface area contributed by atoms with Crippen LogP contribution >= 0.6 is 38.5 Å². The summed E-state index contributed by atoms with van der Waals surface area (Å²) >= 11 is 5.62. The maximum Gasteiger partial charge on any atom is 0.379 e. The molecule has 0 unspecified atom stereocenters. The fraction of sp³-hybridized carbons (Fsp3) is 0.143. The molecular formula is C7H5BrF3I. The quantitative estimate of drug-likeness (QED) is 0.613. The zero-order valence-corrected chi connectivity index (χ0v) is 9.52. The number of benzene rings is 1. The van der Waals surface area contributed by atoms with Crippen molar-refractivity contribution in [3.05, 3.63) is 32.3 Å². The minimum Gasteiger partial charge on any atom is -0.174 e. The predicted octanol–water partition coefficient (Wildman–Crippen LogP) is 4.23. The average molecular weight is 353 g/mol. The van der Waals surface area contributed by atoms with Crippen molar-refractivity contribution in [3.63, 3.8) is 0 Å². The molecule has 12 heavy (non-hydrogen) atoms. The van der Waals surface area contributed by atoms with Crippen LogP contribution in [0.3, 0.4) is 0 Å². The first kappa shape index (κ1) is 12.2. The van der Waals surface area contributed by atoms with Gasteiger partial charge >= 0.3 is 6.68 Å². The molecular weight excluding hydrogens is 348 g/mol. The van der Waals surface area contributed by atoms with Crippen molar-refractivity contribution in [1.29, 1.82) is 0 Å². The zero-order valence-electron chi connectivity index (χ0n) is 5.78. The van der Waals surface area contributed by atoms with E-state index in [0.717, 1.165) is 4.47 Å². The van der Waals surface area contributed by atoms with Crippen LogP contribution in [0.4, 0.5) is 13.2 Å². The van der Waals surface area contributed by atoms with E-state index in [9.17, 15) is 13.2 Å². The number of halogens is 5. The Bertz CT molecular complexity index is 189. The van der Waals surface area contributed by atoms with Gasteiger partial charge in [-0.15, -0.1) is 0 Å². The lowest BCUT2D eigenvalue weighted by atomic mass is 10.4. The van der Waals surface area contributed by atoms with Gasteiger partial charge in [-0.05, 0) is 46.9 Å². The van der Waals surface area contributed by atoms with E-state index < -0.39 is 6.68 Å². The number of hydrogen-bond donors (Lipinski definition) is 0. The molecule has 0 aliphatic rings. The van der Waals surface area contributed by atoms with Crippen LogP contribution in [0.5, 0.6) is 0 Å². The Morgan fingerprint density at radius 3 is 1.67 bits per heavy atom. The minimum atomic E-state index is -3.67. The van der Waals surface area contributed by atoms with Crippen LogP contribution in [-0.4, -0.2) is 6.68 Å². The standard InChI is InChI=1S/C6H4BrI.CHF3/c7-5-1-3-6(8)4-2-5;2-1(3)4/h1-4H;1H. The molecule has 0 saturated carbocycles. The van der Waals surface area contributed by atoms with E-state index in [2.05, 4.69) is 50.7 Å². The fourth-order valence-corrected chi connectivity index (χ4v) is 1.05. The number of alkyl halides is 3. The molecule has 0 atom stereocenters. The summed E-state index contributed by atoms with van der Waals surface area (Å²) in [6.45, 7) is -3.67. The molecule has 0 nitrogen and oxygen atoms in total. The highest BCUT2D eigenvalue weighted by Crippen LogP contribution is 2.11. The Morgan fingerprint density at radius 1 is 1.08 bits per heavy atom. The van der Waals surface area contributed by atoms with Gasteiger partial charge in [0, 0.05) is 8.04 Å². The lowest BCUT2D eigenvalue weighted by Crippen LogP contribution is -1.65. The van der Waals surface area contributed by atoms with Crippen molar-refractivity contribution in [3.8, 4) is 0 Å². The van der Waals surface area contributed by atoms with E-state index in [1.165, 1.54) is 3.57 Å². The molecule has 0 spiro atoms. The van der Waals surface area contributed by atoms with Crippen molar-refractivity contribution in [2.75, 3.05) is 0 Å². The summed E-state index contributed by atoms with van der Waals surface area (Å²) in [4.78, 5) is 0. The van der Waals surface area contributed by atoms with E-state index in [4.69, 9.17) is 0 Å². The molecule has 68 valence electrons. The second kappa shape index (κ2) is 6.71. The summed E-state index contributed by atoms with van der Waals surface area (Å²) in [5, 5.41) is 0. The maximum absolute atomic E-state index is 9.67. The first-order chi connectivity index (χ1) is 5.52. The summed E-state index contributed by atoms with van der Waals surface area (Å²) < 4.78 is 31.4. The highest BCUT2D eigenvalue weighted by Gasteiger charge is 1.86. The van der Waals surface area contributed by atoms with E-state index in [-0.39, 0.29) is 0 Å². The highest BCUT2D eigenvalue weighted by molar-refractivity contribution is 14.1. The molecule has 0 N–H and O–H groups in total. The number of hydrogen-bond acceptors (Lipinski definition) is 0. The van der Waals surface area contributed by atoms with Gasteiger partial charge in [-0.25, -0.2) is 0 Å². The Hall–Kier alpha value is 0.220. The molecule has 0 saturated heterocycles. The monoisotopic (exact) mass is 352 g/mol. The first-order valence-corrected chi connectivity index (χ1v) is 4.73. The fourth-order valence-electron chi connectivity index (χ4n) is 0.430. The molecule has 0 fully saturated rings. The summed E-state index contributed by atoms with van der Waals surface area (Å²) in [5.41, 5.74) is 0. The van der Waals surface area contributed by atoms with Crippen LogP contribution in [0.2, 0.25) is 0 Å². The molecule has 0 heterocycles. The topological polar surface area (TPSA) is 0 Å². The third-order valence-electron chi connectivity index (χ3n) is 0.804. The molecule has 0 bridgehead atoms. The molecule has 1 aromatic rings. The van der Waals surface area contributed by atoms with Crippen LogP contribution in [0, 0.1) is 3.57 Å². The van der Waals surface area contributed by atoms with Crippen LogP contribution in [-0.2, 0) is 0 Å². The Labute approximate surface area is 90.4 Å². The van der Waals surface area contributed by atoms with Crippen molar-refractivity contribution >= 4 is 38.5 Å². The minimum absolute atomic E-state index is 1.14. The molecule has 0 aliphatic heterocycles. The van der Waals surface area contributed by atoms with Gasteiger partial charge in [-0.2, -0.15) is 13.2 Å². The molecule has 1 rings (SSSR count). The van der Waals surface area contributed by atoms with Gasteiger partial charge < -0.3 is 0 Å². The van der Waals surface area contributed by atoms with Gasteiger partial charge in [0.05, 0.1) is 0 Å². The summed E-state index contributed by atoms with van der Waals surface area (Å²) in [6, 6.07) is 8.18. The van der Waals surface area contributed by atoms with Crippen molar-refractivity contribution < 1.29 is 13.2 Å². The lowest BCUT2D eigenvalue weighted by Gasteiger charge is -1.86. The molecule has 0 amide bonds. The third-order valence-corrected chi connectivity index (χ3v) is 2.05. The first-order valence-electron chi connectivity index (χ1n) is 2.85. The van der Waals surface area contributed by atoms with Crippen LogP contribution in [0.25, 0.3) is 0 Å². The van der Waals surface area contributed by atoms with Gasteiger partial charge in [0.25, 0.3) is 0 Å². The van der Waals surface area contributed by atoms with Crippen molar-refractivity contribution in [1.82, 2.24) is 0 Å². The molecule has 0 aliphatic carbocycles. The molecule has 1 aromatic carbocycles. The maximum atomic E-state index is 9.67. The normalized spacial score (nSPS) is 9.17. The van der Waals surface area contributed by atoms with Gasteiger partial charge in [-0.1, -0.05) is 15.9 Å². The lowest BCUT2D eigenvalue weighted by molar-refractivity contribution is 0.00819. The smallest absolute Gasteiger partial charge is 0.174 e. The summed E-state index contributed by atoms with van der Waals surface area (Å²) in [7, 11) is 0. The molecule has 0 radical (unpaired) electrons. The molecule has 5 heteroatoms. The Balaban J connectivity index is 0.000000261. The van der Waals surface area contributed by atoms with Gasteiger partial charge in [-0.3, -0.25) is 0 Å². The summed E-state index contributed by atoms with van der Waals surface area (Å²) in [6.07, 6.45) is 0. The zero-order chi connectivity index (χ0) is 9.56. The van der Waals surface area contributed by atoms with Crippen LogP contribution in [0.1, 0.15) is 0 Å². The Morgan fingerprint density at radius 2 is 1.42 bits per heavy atom. The highest BCUT2D eigenvalue weighted by atomic mass is 127.